The average molecular weight is 366 g/mol. The molecule has 1 aromatic carbocycles. The van der Waals surface area contributed by atoms with Crippen LogP contribution in [0.1, 0.15) is 0 Å². The van der Waals surface area contributed by atoms with E-state index in [2.05, 4.69) is 0 Å². The molecular weight excluding hydrogens is 353 g/mol. The van der Waals surface area contributed by atoms with Gasteiger partial charge in [-0.3, -0.25) is 14.4 Å². The van der Waals surface area contributed by atoms with Gasteiger partial charge in [-0.05, 0) is 12.1 Å². The summed E-state index contributed by atoms with van der Waals surface area (Å²) in [5.74, 6) is -4.90. The first kappa shape index (κ1) is 16.8. The number of carbonyl (C=O) groups is 3. The topological polar surface area (TPSA) is 75.7 Å². The van der Waals surface area contributed by atoms with Crippen molar-refractivity contribution in [1.29, 1.82) is 0 Å². The van der Waals surface area contributed by atoms with E-state index in [4.69, 9.17) is 4.74 Å². The zero-order valence-corrected chi connectivity index (χ0v) is 13.2. The van der Waals surface area contributed by atoms with Crippen molar-refractivity contribution in [2.45, 2.75) is 17.9 Å². The maximum Gasteiger partial charge on any atom is 0.471 e. The lowest BCUT2D eigenvalue weighted by Gasteiger charge is -2.29. The van der Waals surface area contributed by atoms with Crippen molar-refractivity contribution in [3.63, 3.8) is 0 Å². The molecule has 0 saturated carbocycles. The Morgan fingerprint density at radius 3 is 2.54 bits per heavy atom. The van der Waals surface area contributed by atoms with Gasteiger partial charge in [-0.25, -0.2) is 4.90 Å². The maximum atomic E-state index is 12.9. The molecule has 3 amide bonds. The number of fused-ring (bicyclic) bond motifs is 5. The monoisotopic (exact) mass is 366 g/mol. The summed E-state index contributed by atoms with van der Waals surface area (Å²) in [6.45, 7) is -0.541. The molecule has 3 aliphatic rings. The third-order valence-corrected chi connectivity index (χ3v) is 4.95. The summed E-state index contributed by atoms with van der Waals surface area (Å²) in [7, 11) is 0. The minimum atomic E-state index is -5.04. The van der Waals surface area contributed by atoms with Gasteiger partial charge >= 0.3 is 12.1 Å². The summed E-state index contributed by atoms with van der Waals surface area (Å²) >= 11 is 0. The fourth-order valence-corrected chi connectivity index (χ4v) is 3.86. The number of nitrogens with zero attached hydrogens (tertiary/aromatic N) is 1. The Labute approximate surface area is 145 Å². The molecule has 4 rings (SSSR count). The first-order valence-electron chi connectivity index (χ1n) is 7.90. The zero-order chi connectivity index (χ0) is 18.7. The molecule has 4 atom stereocenters. The second-order valence-electron chi connectivity index (χ2n) is 6.43. The highest BCUT2D eigenvalue weighted by atomic mass is 19.4. The van der Waals surface area contributed by atoms with E-state index in [0.717, 1.165) is 4.90 Å². The first-order chi connectivity index (χ1) is 12.2. The summed E-state index contributed by atoms with van der Waals surface area (Å²) in [5, 5.41) is 1.76. The summed E-state index contributed by atoms with van der Waals surface area (Å²) in [4.78, 5) is 37.8. The van der Waals surface area contributed by atoms with E-state index in [-0.39, 0.29) is 0 Å². The van der Waals surface area contributed by atoms with Gasteiger partial charge in [0, 0.05) is 0 Å². The minimum absolute atomic E-state index is 0.394. The molecule has 1 aromatic rings. The molecule has 2 saturated heterocycles. The number of para-hydroxylation sites is 1. The Kier molecular flexibility index (Phi) is 3.49. The third-order valence-electron chi connectivity index (χ3n) is 4.95. The highest BCUT2D eigenvalue weighted by Crippen LogP contribution is 2.52. The van der Waals surface area contributed by atoms with E-state index in [1.54, 1.807) is 41.7 Å². The summed E-state index contributed by atoms with van der Waals surface area (Å²) in [5.41, 5.74) is -1.06. The summed E-state index contributed by atoms with van der Waals surface area (Å²) in [6.07, 6.45) is -2.72. The average Bonchev–Trinajstić information content (AvgIpc) is 3.23. The number of ether oxygens (including phenoxy) is 1. The van der Waals surface area contributed by atoms with E-state index in [0.29, 0.717) is 5.69 Å². The van der Waals surface area contributed by atoms with Crippen LogP contribution in [0, 0.1) is 11.8 Å². The molecule has 2 fully saturated rings. The van der Waals surface area contributed by atoms with Crippen molar-refractivity contribution in [1.82, 2.24) is 5.32 Å². The Morgan fingerprint density at radius 2 is 1.88 bits per heavy atom. The van der Waals surface area contributed by atoms with Crippen LogP contribution in [0.15, 0.2) is 42.5 Å². The van der Waals surface area contributed by atoms with Crippen LogP contribution in [0.2, 0.25) is 0 Å². The van der Waals surface area contributed by atoms with Gasteiger partial charge in [-0.15, -0.1) is 0 Å². The lowest BCUT2D eigenvalue weighted by molar-refractivity contribution is -0.174. The Balaban J connectivity index is 1.62. The van der Waals surface area contributed by atoms with Crippen LogP contribution in [0.4, 0.5) is 18.9 Å². The number of hydrogen-bond acceptors (Lipinski definition) is 4. The van der Waals surface area contributed by atoms with Crippen molar-refractivity contribution < 1.29 is 32.3 Å². The van der Waals surface area contributed by atoms with Crippen molar-refractivity contribution >= 4 is 23.4 Å². The number of amides is 3. The molecule has 136 valence electrons. The van der Waals surface area contributed by atoms with Crippen LogP contribution in [-0.4, -0.2) is 42.1 Å². The zero-order valence-electron chi connectivity index (χ0n) is 13.2. The quantitative estimate of drug-likeness (QED) is 0.644. The predicted molar refractivity (Wildman–Crippen MR) is 81.7 cm³/mol. The van der Waals surface area contributed by atoms with Crippen LogP contribution < -0.4 is 10.2 Å². The Hall–Kier alpha value is -2.68. The number of hydrogen-bond donors (Lipinski definition) is 1. The van der Waals surface area contributed by atoms with Gasteiger partial charge in [0.2, 0.25) is 11.8 Å². The van der Waals surface area contributed by atoms with Crippen molar-refractivity contribution in [2.75, 3.05) is 11.4 Å². The normalized spacial score (nSPS) is 32.3. The molecule has 0 radical (unpaired) electrons. The van der Waals surface area contributed by atoms with Gasteiger partial charge in [0.1, 0.15) is 5.60 Å². The van der Waals surface area contributed by atoms with Gasteiger partial charge in [0.25, 0.3) is 0 Å². The molecule has 9 heteroatoms. The molecule has 0 aliphatic carbocycles. The molecule has 4 unspecified atom stereocenters. The number of carbonyl (C=O) groups excluding carboxylic acids is 3. The highest BCUT2D eigenvalue weighted by molar-refractivity contribution is 6.23. The van der Waals surface area contributed by atoms with E-state index in [1.165, 1.54) is 6.08 Å². The van der Waals surface area contributed by atoms with Gasteiger partial charge in [-0.1, -0.05) is 30.4 Å². The molecule has 26 heavy (non-hydrogen) atoms. The number of benzene rings is 1. The van der Waals surface area contributed by atoms with Crippen LogP contribution in [0.5, 0.6) is 0 Å². The molecule has 0 aromatic heterocycles. The molecule has 3 aliphatic heterocycles. The summed E-state index contributed by atoms with van der Waals surface area (Å²) < 4.78 is 43.0. The van der Waals surface area contributed by atoms with Crippen LogP contribution in [0.3, 0.4) is 0 Å². The number of alkyl halides is 3. The molecule has 3 heterocycles. The summed E-state index contributed by atoms with van der Waals surface area (Å²) in [6, 6.07) is 8.29. The fourth-order valence-electron chi connectivity index (χ4n) is 3.86. The van der Waals surface area contributed by atoms with Crippen molar-refractivity contribution in [3.05, 3.63) is 42.5 Å². The number of nitrogens with one attached hydrogen (secondary N) is 1. The molecular formula is C17H13F3N2O4. The molecule has 0 spiro atoms. The molecule has 2 bridgehead atoms. The smallest absolute Gasteiger partial charge is 0.360 e. The molecule has 6 nitrogen and oxygen atoms in total. The van der Waals surface area contributed by atoms with Gasteiger partial charge < -0.3 is 10.1 Å². The second kappa shape index (κ2) is 5.41. The van der Waals surface area contributed by atoms with E-state index < -0.39 is 54.0 Å². The van der Waals surface area contributed by atoms with Crippen LogP contribution in [0.25, 0.3) is 0 Å². The Bertz CT molecular complexity index is 823. The van der Waals surface area contributed by atoms with Crippen molar-refractivity contribution in [3.8, 4) is 0 Å². The first-order valence-corrected chi connectivity index (χ1v) is 7.90. The van der Waals surface area contributed by atoms with E-state index >= 15 is 0 Å². The molecule has 1 N–H and O–H groups in total. The maximum absolute atomic E-state index is 12.9. The van der Waals surface area contributed by atoms with E-state index in [1.807, 2.05) is 0 Å². The van der Waals surface area contributed by atoms with Crippen LogP contribution >= 0.6 is 0 Å². The fraction of sp³-hybridized carbons (Fsp3) is 0.353. The largest absolute Gasteiger partial charge is 0.471 e. The minimum Gasteiger partial charge on any atom is -0.360 e. The van der Waals surface area contributed by atoms with Gasteiger partial charge in [0.15, 0.2) is 0 Å². The Morgan fingerprint density at radius 1 is 1.19 bits per heavy atom. The number of halogens is 3. The lowest BCUT2D eigenvalue weighted by atomic mass is 9.77. The van der Waals surface area contributed by atoms with Gasteiger partial charge in [0.05, 0.1) is 30.2 Å². The second-order valence-corrected chi connectivity index (χ2v) is 6.43. The highest BCUT2D eigenvalue weighted by Gasteiger charge is 2.68. The number of rotatable bonds is 3. The standard InChI is InChI=1S/C17H13F3N2O4/c18-17(19,20)15(25)21-8-16-7-6-10(26-16)11-12(16)14(24)22(13(11)23)9-4-2-1-3-5-9/h1-7,10-12H,8H2,(H,21,25). The SMILES string of the molecule is O=C1C2C3C=CC(CNC(=O)C(F)(F)F)(O3)C2C(=O)N1c1ccccc1. The van der Waals surface area contributed by atoms with Crippen molar-refractivity contribution in [2.24, 2.45) is 11.8 Å². The lowest BCUT2D eigenvalue weighted by Crippen LogP contribution is -2.51. The number of anilines is 1. The van der Waals surface area contributed by atoms with Gasteiger partial charge in [-0.2, -0.15) is 13.2 Å². The van der Waals surface area contributed by atoms with E-state index in [9.17, 15) is 27.6 Å². The predicted octanol–water partition coefficient (Wildman–Crippen LogP) is 1.18. The van der Waals surface area contributed by atoms with Crippen LogP contribution in [-0.2, 0) is 19.1 Å². The number of imide groups is 1. The third kappa shape index (κ3) is 2.27.